The number of sulfone groups is 1. The smallest absolute Gasteiger partial charge is 0.394 e. The normalized spacial score (nSPS) is 18.9. The van der Waals surface area contributed by atoms with E-state index in [4.69, 9.17) is 0 Å². The summed E-state index contributed by atoms with van der Waals surface area (Å²) < 4.78 is 106. The Kier molecular flexibility index (Phi) is 9.85. The third kappa shape index (κ3) is 8.13. The van der Waals surface area contributed by atoms with Gasteiger partial charge in [-0.2, -0.15) is 13.2 Å². The molecule has 0 unspecified atom stereocenters. The number of halogens is 6. The fourth-order valence-electron chi connectivity index (χ4n) is 5.14. The molecule has 0 aliphatic carbocycles. The van der Waals surface area contributed by atoms with Crippen LogP contribution in [0.1, 0.15) is 53.2 Å². The topological polar surface area (TPSA) is 109 Å². The number of benzene rings is 2. The first-order chi connectivity index (χ1) is 21.0. The molecule has 3 aromatic rings. The zero-order chi connectivity index (χ0) is 33.2. The van der Waals surface area contributed by atoms with E-state index in [1.807, 2.05) is 0 Å². The van der Waals surface area contributed by atoms with Gasteiger partial charge in [-0.05, 0) is 60.9 Å². The van der Waals surface area contributed by atoms with Crippen LogP contribution in [0.15, 0.2) is 71.8 Å². The van der Waals surface area contributed by atoms with Gasteiger partial charge in [0.25, 0.3) is 5.91 Å². The molecule has 0 bridgehead atoms. The van der Waals surface area contributed by atoms with Crippen LogP contribution in [0.4, 0.5) is 32.2 Å². The number of alkyl halides is 6. The maximum Gasteiger partial charge on any atom is 0.522 e. The van der Waals surface area contributed by atoms with Gasteiger partial charge in [0, 0.05) is 18.7 Å². The molecule has 0 spiro atoms. The molecule has 1 saturated heterocycles. The number of aliphatic hydroxyl groups is 1. The molecule has 1 aliphatic heterocycles. The van der Waals surface area contributed by atoms with E-state index in [0.29, 0.717) is 11.1 Å². The molecule has 1 aromatic heterocycles. The summed E-state index contributed by atoms with van der Waals surface area (Å²) in [4.78, 5) is 19.0. The maximum absolute atomic E-state index is 13.1. The lowest BCUT2D eigenvalue weighted by Crippen LogP contribution is -2.46. The van der Waals surface area contributed by atoms with Gasteiger partial charge >= 0.3 is 12.5 Å². The van der Waals surface area contributed by atoms with Crippen molar-refractivity contribution in [1.82, 2.24) is 10.3 Å². The first-order valence-electron chi connectivity index (χ1n) is 13.8. The van der Waals surface area contributed by atoms with Gasteiger partial charge in [0.2, 0.25) is 0 Å². The van der Waals surface area contributed by atoms with Crippen LogP contribution in [0.3, 0.4) is 0 Å². The van der Waals surface area contributed by atoms with Crippen LogP contribution >= 0.6 is 0 Å². The lowest BCUT2D eigenvalue weighted by Gasteiger charge is -2.30. The number of rotatable bonds is 10. The molecule has 244 valence electrons. The molecule has 4 rings (SSSR count). The summed E-state index contributed by atoms with van der Waals surface area (Å²) in [7, 11) is -3.45. The Morgan fingerprint density at radius 1 is 1.00 bits per heavy atom. The minimum absolute atomic E-state index is 0.0742. The zero-order valence-electron chi connectivity index (χ0n) is 24.2. The van der Waals surface area contributed by atoms with Crippen molar-refractivity contribution in [1.29, 1.82) is 0 Å². The number of hydrogen-bond donors (Lipinski definition) is 2. The third-order valence-corrected chi connectivity index (χ3v) is 9.55. The van der Waals surface area contributed by atoms with Crippen molar-refractivity contribution >= 4 is 21.6 Å². The van der Waals surface area contributed by atoms with Crippen LogP contribution in [0.2, 0.25) is 0 Å². The molecule has 2 aromatic carbocycles. The molecular formula is C30H31F6N3O5S. The van der Waals surface area contributed by atoms with Crippen LogP contribution in [-0.4, -0.2) is 62.3 Å². The second kappa shape index (κ2) is 13.0. The second-order valence-electron chi connectivity index (χ2n) is 10.9. The summed E-state index contributed by atoms with van der Waals surface area (Å²) in [5.41, 5.74) is -1.11. The predicted molar refractivity (Wildman–Crippen MR) is 152 cm³/mol. The van der Waals surface area contributed by atoms with Crippen LogP contribution in [-0.2, 0) is 26.3 Å². The van der Waals surface area contributed by atoms with Crippen molar-refractivity contribution in [2.45, 2.75) is 55.2 Å². The minimum atomic E-state index is -4.89. The summed E-state index contributed by atoms with van der Waals surface area (Å²) in [6.45, 7) is 1.94. The lowest BCUT2D eigenvalue weighted by atomic mass is 9.92. The minimum Gasteiger partial charge on any atom is -0.394 e. The van der Waals surface area contributed by atoms with E-state index in [2.05, 4.69) is 15.0 Å². The summed E-state index contributed by atoms with van der Waals surface area (Å²) in [5.74, 6) is -0.902. The molecule has 2 heterocycles. The number of nitrogens with zero attached hydrogens (tertiary/aromatic N) is 2. The molecule has 1 amide bonds. The van der Waals surface area contributed by atoms with Gasteiger partial charge in [0.1, 0.15) is 5.82 Å². The zero-order valence-corrected chi connectivity index (χ0v) is 25.0. The average Bonchev–Trinajstić information content (AvgIpc) is 3.44. The van der Waals surface area contributed by atoms with E-state index in [-0.39, 0.29) is 35.0 Å². The Labute approximate surface area is 256 Å². The molecule has 0 saturated carbocycles. The SMILES string of the molecule is CCS(=O)(=O)c1ccc([C@@](C)(CO)NC(=O)c2ccc(N3C[C@H](c4ccc(C(F)(F)F)cc4)C[C@H]3COC(F)(F)F)nc2)cc1. The summed E-state index contributed by atoms with van der Waals surface area (Å²) in [6, 6.07) is 12.2. The Bertz CT molecular complexity index is 1580. The van der Waals surface area contributed by atoms with Crippen LogP contribution < -0.4 is 10.2 Å². The van der Waals surface area contributed by atoms with E-state index in [1.54, 1.807) is 11.8 Å². The molecule has 0 radical (unpaired) electrons. The van der Waals surface area contributed by atoms with Gasteiger partial charge in [-0.25, -0.2) is 13.4 Å². The number of nitrogens with one attached hydrogen (secondary N) is 1. The highest BCUT2D eigenvalue weighted by Gasteiger charge is 2.39. The Balaban J connectivity index is 1.52. The first kappa shape index (κ1) is 34.2. The number of carbonyl (C=O) groups excluding carboxylic acids is 1. The lowest BCUT2D eigenvalue weighted by molar-refractivity contribution is -0.325. The quantitative estimate of drug-likeness (QED) is 0.280. The average molecular weight is 660 g/mol. The standard InChI is InChI=1S/C30H31F6N3O5S/c1-3-45(42,43)25-11-9-22(10-12-25)28(2,18-40)38-27(41)20-6-13-26(37-15-20)39-16-21(14-24(39)17-44-30(34,35)36)19-4-7-23(8-5-19)29(31,32)33/h4-13,15,21,24,40H,3,14,16-18H2,1-2H3,(H,38,41)/t21-,24+,28-/m1/s1. The van der Waals surface area contributed by atoms with Crippen molar-refractivity contribution in [2.75, 3.05) is 30.4 Å². The Morgan fingerprint density at radius 3 is 2.13 bits per heavy atom. The number of ether oxygens (including phenoxy) is 1. The number of pyridine rings is 1. The number of aromatic nitrogens is 1. The van der Waals surface area contributed by atoms with Crippen molar-refractivity contribution in [3.8, 4) is 0 Å². The highest BCUT2D eigenvalue weighted by Crippen LogP contribution is 2.37. The third-order valence-electron chi connectivity index (χ3n) is 7.80. The maximum atomic E-state index is 13.1. The highest BCUT2D eigenvalue weighted by atomic mass is 32.2. The van der Waals surface area contributed by atoms with E-state index >= 15 is 0 Å². The number of hydrogen-bond acceptors (Lipinski definition) is 7. The molecule has 1 fully saturated rings. The van der Waals surface area contributed by atoms with Gasteiger partial charge < -0.3 is 15.3 Å². The number of anilines is 1. The van der Waals surface area contributed by atoms with E-state index in [1.165, 1.54) is 61.7 Å². The van der Waals surface area contributed by atoms with Crippen LogP contribution in [0.5, 0.6) is 0 Å². The fraction of sp³-hybridized carbons (Fsp3) is 0.400. The molecule has 3 atom stereocenters. The fourth-order valence-corrected chi connectivity index (χ4v) is 6.03. The molecular weight excluding hydrogens is 628 g/mol. The molecule has 45 heavy (non-hydrogen) atoms. The number of amides is 1. The largest absolute Gasteiger partial charge is 0.522 e. The molecule has 2 N–H and O–H groups in total. The predicted octanol–water partition coefficient (Wildman–Crippen LogP) is 5.43. The summed E-state index contributed by atoms with van der Waals surface area (Å²) in [6.07, 6.45) is -8.05. The summed E-state index contributed by atoms with van der Waals surface area (Å²) >= 11 is 0. The second-order valence-corrected chi connectivity index (χ2v) is 13.2. The van der Waals surface area contributed by atoms with Crippen molar-refractivity contribution < 1.29 is 49.4 Å². The van der Waals surface area contributed by atoms with E-state index in [9.17, 15) is 44.7 Å². The van der Waals surface area contributed by atoms with Gasteiger partial charge in [0.05, 0.1) is 46.6 Å². The molecule has 8 nitrogen and oxygen atoms in total. The van der Waals surface area contributed by atoms with E-state index in [0.717, 1.165) is 12.1 Å². The van der Waals surface area contributed by atoms with Gasteiger partial charge in [-0.15, -0.1) is 13.2 Å². The number of carbonyl (C=O) groups is 1. The Morgan fingerprint density at radius 2 is 1.62 bits per heavy atom. The van der Waals surface area contributed by atoms with Crippen LogP contribution in [0, 0.1) is 0 Å². The van der Waals surface area contributed by atoms with Gasteiger partial charge in [-0.3, -0.25) is 9.53 Å². The molecule has 1 aliphatic rings. The summed E-state index contributed by atoms with van der Waals surface area (Å²) in [5, 5.41) is 12.8. The van der Waals surface area contributed by atoms with Gasteiger partial charge in [0.15, 0.2) is 9.84 Å². The van der Waals surface area contributed by atoms with Crippen molar-refractivity contribution in [3.63, 3.8) is 0 Å². The van der Waals surface area contributed by atoms with Crippen molar-refractivity contribution in [3.05, 3.63) is 89.1 Å². The first-order valence-corrected chi connectivity index (χ1v) is 15.5. The monoisotopic (exact) mass is 659 g/mol. The molecule has 15 heteroatoms. The Hall–Kier alpha value is -3.69. The highest BCUT2D eigenvalue weighted by molar-refractivity contribution is 7.91. The number of aliphatic hydroxyl groups excluding tert-OH is 1. The van der Waals surface area contributed by atoms with E-state index < -0.39 is 64.6 Å². The van der Waals surface area contributed by atoms with Gasteiger partial charge in [-0.1, -0.05) is 31.2 Å². The van der Waals surface area contributed by atoms with Crippen LogP contribution in [0.25, 0.3) is 0 Å². The van der Waals surface area contributed by atoms with Crippen molar-refractivity contribution in [2.24, 2.45) is 0 Å².